The van der Waals surface area contributed by atoms with Gasteiger partial charge in [0.25, 0.3) is 5.91 Å². The zero-order chi connectivity index (χ0) is 21.1. The summed E-state index contributed by atoms with van der Waals surface area (Å²) < 4.78 is 3.92. The number of benzene rings is 1. The van der Waals surface area contributed by atoms with Crippen molar-refractivity contribution >= 4 is 64.3 Å². The van der Waals surface area contributed by atoms with Crippen LogP contribution in [-0.4, -0.2) is 55.8 Å². The van der Waals surface area contributed by atoms with Gasteiger partial charge in [0.15, 0.2) is 10.9 Å². The third kappa shape index (κ3) is 7.15. The maximum atomic E-state index is 12.2. The van der Waals surface area contributed by atoms with E-state index < -0.39 is 44.3 Å². The minimum absolute atomic E-state index is 0. The Kier molecular flexibility index (Phi) is 11.1. The van der Waals surface area contributed by atoms with Crippen LogP contribution in [0.5, 0.6) is 5.75 Å². The topological polar surface area (TPSA) is 98.8 Å². The standard InChI is InChI=1S/C16H18N2O5S.CHCl3.K/c1-16(2)12(15(21)22)18-13(20)11(14(18)24-16)17-10(19)8-23-9-6-4-3-5-7-9;2-1(3)4;/h3-7,11-12,14H,8H2,1-2H3,(H,17,19)(H,21,22);1H;/q;;+1/p-1/t11-,12+,14-;;/m1../s1. The molecule has 2 heterocycles. The summed E-state index contributed by atoms with van der Waals surface area (Å²) in [6, 6.07) is 7.14. The Balaban J connectivity index is 0.000000771. The van der Waals surface area contributed by atoms with Gasteiger partial charge >= 0.3 is 51.4 Å². The zero-order valence-electron chi connectivity index (χ0n) is 15.9. The van der Waals surface area contributed by atoms with Gasteiger partial charge in [-0.3, -0.25) is 9.59 Å². The Bertz CT molecular complexity index is 738. The number of hydrogen-bond acceptors (Lipinski definition) is 6. The van der Waals surface area contributed by atoms with Gasteiger partial charge in [-0.25, -0.2) is 0 Å². The Labute approximate surface area is 230 Å². The van der Waals surface area contributed by atoms with Crippen LogP contribution >= 0.6 is 46.6 Å². The molecule has 2 amide bonds. The van der Waals surface area contributed by atoms with Crippen LogP contribution in [0.4, 0.5) is 0 Å². The Morgan fingerprint density at radius 1 is 1.28 bits per heavy atom. The summed E-state index contributed by atoms with van der Waals surface area (Å²) in [5.41, 5.74) is 0. The van der Waals surface area contributed by atoms with Gasteiger partial charge in [0.1, 0.15) is 17.2 Å². The molecule has 3 rings (SSSR count). The number of ether oxygens (including phenoxy) is 1. The molecule has 2 aliphatic rings. The van der Waals surface area contributed by atoms with Crippen molar-refractivity contribution in [3.63, 3.8) is 0 Å². The van der Waals surface area contributed by atoms with E-state index in [-0.39, 0.29) is 58.0 Å². The second kappa shape index (κ2) is 11.8. The molecule has 0 saturated carbocycles. The number of nitrogens with one attached hydrogen (secondary N) is 1. The minimum Gasteiger partial charge on any atom is -0.548 e. The summed E-state index contributed by atoms with van der Waals surface area (Å²) in [5, 5.41) is 13.5. The predicted molar refractivity (Wildman–Crippen MR) is 106 cm³/mol. The number of β-lactam (4-membered cyclic amide) rings is 1. The molecule has 0 unspecified atom stereocenters. The van der Waals surface area contributed by atoms with E-state index in [1.54, 1.807) is 38.1 Å². The number of thioether (sulfide) groups is 1. The van der Waals surface area contributed by atoms with E-state index >= 15 is 0 Å². The summed E-state index contributed by atoms with van der Waals surface area (Å²) in [7, 11) is 0. The molecule has 1 aromatic carbocycles. The number of nitrogens with zero attached hydrogens (tertiary/aromatic N) is 1. The van der Waals surface area contributed by atoms with E-state index in [1.165, 1.54) is 16.7 Å². The van der Waals surface area contributed by atoms with Crippen LogP contribution in [0.15, 0.2) is 30.3 Å². The van der Waals surface area contributed by atoms with Gasteiger partial charge in [-0.2, -0.15) is 0 Å². The van der Waals surface area contributed by atoms with Crippen LogP contribution in [0.2, 0.25) is 0 Å². The summed E-state index contributed by atoms with van der Waals surface area (Å²) in [6.07, 6.45) is 0. The van der Waals surface area contributed by atoms with E-state index in [4.69, 9.17) is 39.5 Å². The first kappa shape index (κ1) is 27.3. The van der Waals surface area contributed by atoms with Gasteiger partial charge in [-0.1, -0.05) is 53.0 Å². The maximum Gasteiger partial charge on any atom is 1.00 e. The summed E-state index contributed by atoms with van der Waals surface area (Å²) in [6.45, 7) is 3.29. The normalized spacial score (nSPS) is 23.7. The molecular weight excluding hydrogens is 490 g/mol. The number of para-hydroxylation sites is 1. The number of carboxylic acids is 1. The summed E-state index contributed by atoms with van der Waals surface area (Å²) in [4.78, 5) is 36.8. The molecule has 0 radical (unpaired) electrons. The smallest absolute Gasteiger partial charge is 0.548 e. The molecular formula is C17H18Cl3KN2O5S. The summed E-state index contributed by atoms with van der Waals surface area (Å²) >= 11 is 15.8. The van der Waals surface area contributed by atoms with Crippen molar-refractivity contribution in [2.24, 2.45) is 0 Å². The molecule has 2 fully saturated rings. The van der Waals surface area contributed by atoms with Gasteiger partial charge < -0.3 is 24.9 Å². The number of carbonyl (C=O) groups is 3. The minimum atomic E-state index is -1.28. The first-order valence-electron chi connectivity index (χ1n) is 8.15. The monoisotopic (exact) mass is 506 g/mol. The average Bonchev–Trinajstić information content (AvgIpc) is 2.86. The number of aliphatic carboxylic acids is 1. The molecule has 1 N–H and O–H groups in total. The summed E-state index contributed by atoms with van der Waals surface area (Å²) in [5.74, 6) is -1.55. The van der Waals surface area contributed by atoms with Gasteiger partial charge in [0.05, 0.1) is 12.0 Å². The van der Waals surface area contributed by atoms with Crippen molar-refractivity contribution in [1.29, 1.82) is 0 Å². The molecule has 29 heavy (non-hydrogen) atoms. The predicted octanol–water partition coefficient (Wildman–Crippen LogP) is -1.65. The van der Waals surface area contributed by atoms with E-state index in [2.05, 4.69) is 5.32 Å². The van der Waals surface area contributed by atoms with E-state index in [9.17, 15) is 19.5 Å². The fourth-order valence-electron chi connectivity index (χ4n) is 3.01. The molecule has 7 nitrogen and oxygen atoms in total. The van der Waals surface area contributed by atoms with Crippen LogP contribution < -0.4 is 66.5 Å². The molecule has 1 aromatic rings. The largest absolute Gasteiger partial charge is 1.00 e. The molecule has 0 aliphatic carbocycles. The van der Waals surface area contributed by atoms with Crippen LogP contribution in [0.1, 0.15) is 13.8 Å². The molecule has 3 atom stereocenters. The molecule has 154 valence electrons. The number of fused-ring (bicyclic) bond motifs is 1. The number of hydrogen-bond donors (Lipinski definition) is 1. The van der Waals surface area contributed by atoms with Crippen molar-refractivity contribution in [1.82, 2.24) is 10.2 Å². The van der Waals surface area contributed by atoms with E-state index in [1.807, 2.05) is 6.07 Å². The van der Waals surface area contributed by atoms with Crippen LogP contribution in [0.25, 0.3) is 0 Å². The third-order valence-corrected chi connectivity index (χ3v) is 5.67. The fraction of sp³-hybridized carbons (Fsp3) is 0.471. The average molecular weight is 508 g/mol. The molecule has 0 spiro atoms. The number of alkyl halides is 3. The first-order valence-corrected chi connectivity index (χ1v) is 10.3. The van der Waals surface area contributed by atoms with E-state index in [0.29, 0.717) is 5.75 Å². The van der Waals surface area contributed by atoms with Crippen molar-refractivity contribution in [2.75, 3.05) is 6.61 Å². The van der Waals surface area contributed by atoms with Crippen molar-refractivity contribution < 1.29 is 75.6 Å². The van der Waals surface area contributed by atoms with Crippen molar-refractivity contribution in [3.05, 3.63) is 30.3 Å². The van der Waals surface area contributed by atoms with E-state index in [0.717, 1.165) is 0 Å². The number of amides is 2. The maximum absolute atomic E-state index is 12.2. The number of rotatable bonds is 5. The van der Waals surface area contributed by atoms with Crippen LogP contribution in [0.3, 0.4) is 0 Å². The molecule has 2 aliphatic heterocycles. The zero-order valence-corrected chi connectivity index (χ0v) is 22.1. The molecule has 0 aromatic heterocycles. The van der Waals surface area contributed by atoms with Crippen molar-refractivity contribution in [3.8, 4) is 5.75 Å². The number of carbonyl (C=O) groups excluding carboxylic acids is 3. The van der Waals surface area contributed by atoms with Gasteiger partial charge in [0, 0.05) is 4.75 Å². The first-order chi connectivity index (χ1) is 13.0. The third-order valence-electron chi connectivity index (χ3n) is 4.09. The second-order valence-corrected chi connectivity index (χ2v) is 10.2. The van der Waals surface area contributed by atoms with Crippen LogP contribution in [0, 0.1) is 0 Å². The molecule has 12 heteroatoms. The Hall–Kier alpha value is 0.286. The number of halogens is 3. The second-order valence-electron chi connectivity index (χ2n) is 6.47. The quantitative estimate of drug-likeness (QED) is 0.291. The fourth-order valence-corrected chi connectivity index (χ4v) is 4.63. The SMILES string of the molecule is CC1(C)S[C@@H]2[C@H](NC(=O)COc3ccccc3)C(=O)N2[C@H]1C(=O)[O-].ClC(Cl)Cl.[K+]. The van der Waals surface area contributed by atoms with Crippen molar-refractivity contribution in [2.45, 2.75) is 40.3 Å². The molecule has 2 saturated heterocycles. The Morgan fingerprint density at radius 2 is 1.83 bits per heavy atom. The van der Waals surface area contributed by atoms with Gasteiger partial charge in [0.2, 0.25) is 5.91 Å². The van der Waals surface area contributed by atoms with Gasteiger partial charge in [-0.05, 0) is 26.0 Å². The van der Waals surface area contributed by atoms with Gasteiger partial charge in [-0.15, -0.1) is 11.8 Å². The van der Waals surface area contributed by atoms with Crippen LogP contribution in [-0.2, 0) is 14.4 Å². The number of carboxylic acid groups (broad SMARTS) is 1. The molecule has 0 bridgehead atoms. The Morgan fingerprint density at radius 3 is 2.34 bits per heavy atom.